The fourth-order valence-electron chi connectivity index (χ4n) is 3.67. The van der Waals surface area contributed by atoms with Crippen LogP contribution in [0.5, 0.6) is 5.75 Å². The molecule has 0 spiro atoms. The Kier molecular flexibility index (Phi) is 4.58. The van der Waals surface area contributed by atoms with E-state index >= 15 is 0 Å². The molecule has 1 aromatic heterocycles. The molecule has 27 heavy (non-hydrogen) atoms. The van der Waals surface area contributed by atoms with Gasteiger partial charge < -0.3 is 19.9 Å². The number of rotatable bonds is 3. The molecular formula is C20H22N4O3. The average molecular weight is 366 g/mol. The predicted molar refractivity (Wildman–Crippen MR) is 104 cm³/mol. The maximum Gasteiger partial charge on any atom is 0.326 e. The number of para-hydroxylation sites is 2. The number of nitrogens with one attached hydrogen (secondary N) is 2. The number of aromatic amines is 1. The number of amides is 2. The summed E-state index contributed by atoms with van der Waals surface area (Å²) >= 11 is 0. The first-order valence-electron chi connectivity index (χ1n) is 9.05. The molecule has 0 atom stereocenters. The van der Waals surface area contributed by atoms with E-state index in [4.69, 9.17) is 4.74 Å². The molecule has 2 heterocycles. The van der Waals surface area contributed by atoms with Gasteiger partial charge in [-0.3, -0.25) is 4.57 Å². The number of hydrogen-bond donors (Lipinski definition) is 2. The number of aromatic nitrogens is 2. The standard InChI is InChI=1S/C20H22N4O3/c1-27-16-6-4-5-14(13-16)21-19(25)23-11-9-15(10-12-23)24-18-8-3-2-7-17(18)22-20(24)26/h2-8,13,15H,9-12H2,1H3,(H,21,25)(H,22,26). The van der Waals surface area contributed by atoms with Crippen molar-refractivity contribution >= 4 is 22.8 Å². The normalized spacial score (nSPS) is 15.1. The number of H-pyrrole nitrogens is 1. The molecule has 1 aliphatic rings. The van der Waals surface area contributed by atoms with Crippen LogP contribution in [0.15, 0.2) is 53.3 Å². The Hall–Kier alpha value is -3.22. The first-order valence-corrected chi connectivity index (χ1v) is 9.05. The summed E-state index contributed by atoms with van der Waals surface area (Å²) in [5.74, 6) is 0.699. The van der Waals surface area contributed by atoms with Gasteiger partial charge in [0.1, 0.15) is 5.75 Å². The lowest BCUT2D eigenvalue weighted by Gasteiger charge is -2.32. The number of anilines is 1. The largest absolute Gasteiger partial charge is 0.497 e. The third-order valence-electron chi connectivity index (χ3n) is 5.06. The minimum atomic E-state index is -0.132. The van der Waals surface area contributed by atoms with E-state index in [2.05, 4.69) is 10.3 Å². The molecule has 0 radical (unpaired) electrons. The molecule has 0 saturated carbocycles. The van der Waals surface area contributed by atoms with E-state index < -0.39 is 0 Å². The fourth-order valence-corrected chi connectivity index (χ4v) is 3.67. The molecular weight excluding hydrogens is 344 g/mol. The van der Waals surface area contributed by atoms with Crippen LogP contribution >= 0.6 is 0 Å². The molecule has 2 aromatic carbocycles. The fraction of sp³-hybridized carbons (Fsp3) is 0.300. The van der Waals surface area contributed by atoms with Gasteiger partial charge >= 0.3 is 11.7 Å². The Labute approximate surface area is 156 Å². The van der Waals surface area contributed by atoms with Gasteiger partial charge in [0.25, 0.3) is 0 Å². The number of nitrogens with zero attached hydrogens (tertiary/aromatic N) is 2. The van der Waals surface area contributed by atoms with Gasteiger partial charge in [-0.25, -0.2) is 9.59 Å². The topological polar surface area (TPSA) is 79.4 Å². The Morgan fingerprint density at radius 1 is 1.15 bits per heavy atom. The molecule has 0 bridgehead atoms. The molecule has 0 aliphatic carbocycles. The highest BCUT2D eigenvalue weighted by atomic mass is 16.5. The van der Waals surface area contributed by atoms with Crippen LogP contribution in [-0.4, -0.2) is 40.7 Å². The molecule has 2 amide bonds. The number of fused-ring (bicyclic) bond motifs is 1. The first-order chi connectivity index (χ1) is 13.2. The number of methoxy groups -OCH3 is 1. The molecule has 0 unspecified atom stereocenters. The summed E-state index contributed by atoms with van der Waals surface area (Å²) in [6.45, 7) is 1.21. The lowest BCUT2D eigenvalue weighted by Crippen LogP contribution is -2.42. The number of urea groups is 1. The maximum absolute atomic E-state index is 12.5. The Balaban J connectivity index is 1.43. The Morgan fingerprint density at radius 2 is 1.93 bits per heavy atom. The summed E-state index contributed by atoms with van der Waals surface area (Å²) in [5, 5.41) is 2.91. The summed E-state index contributed by atoms with van der Waals surface area (Å²) in [6.07, 6.45) is 1.49. The molecule has 140 valence electrons. The number of carbonyl (C=O) groups is 1. The van der Waals surface area contributed by atoms with Crippen LogP contribution in [0.2, 0.25) is 0 Å². The van der Waals surface area contributed by atoms with Gasteiger partial charge in [-0.2, -0.15) is 0 Å². The van der Waals surface area contributed by atoms with Crippen molar-refractivity contribution in [3.8, 4) is 5.75 Å². The summed E-state index contributed by atoms with van der Waals surface area (Å²) in [4.78, 5) is 29.6. The number of carbonyl (C=O) groups excluding carboxylic acids is 1. The zero-order valence-corrected chi connectivity index (χ0v) is 15.1. The second-order valence-corrected chi connectivity index (χ2v) is 6.70. The maximum atomic E-state index is 12.5. The van der Waals surface area contributed by atoms with Crippen molar-refractivity contribution in [2.45, 2.75) is 18.9 Å². The van der Waals surface area contributed by atoms with Crippen LogP contribution in [0.3, 0.4) is 0 Å². The second kappa shape index (κ2) is 7.19. The van der Waals surface area contributed by atoms with Crippen LogP contribution in [0.4, 0.5) is 10.5 Å². The highest BCUT2D eigenvalue weighted by molar-refractivity contribution is 5.89. The van der Waals surface area contributed by atoms with Crippen molar-refractivity contribution in [3.05, 3.63) is 59.0 Å². The van der Waals surface area contributed by atoms with E-state index in [9.17, 15) is 9.59 Å². The van der Waals surface area contributed by atoms with Gasteiger partial charge in [0.15, 0.2) is 0 Å². The lowest BCUT2D eigenvalue weighted by atomic mass is 10.0. The molecule has 1 aliphatic heterocycles. The zero-order valence-electron chi connectivity index (χ0n) is 15.1. The number of ether oxygens (including phenoxy) is 1. The van der Waals surface area contributed by atoms with E-state index in [1.165, 1.54) is 0 Å². The predicted octanol–water partition coefficient (Wildman–Crippen LogP) is 3.21. The summed E-state index contributed by atoms with van der Waals surface area (Å²) < 4.78 is 7.01. The minimum absolute atomic E-state index is 0.0875. The molecule has 7 heteroatoms. The Bertz CT molecular complexity index is 1020. The van der Waals surface area contributed by atoms with E-state index in [-0.39, 0.29) is 17.8 Å². The van der Waals surface area contributed by atoms with Crippen molar-refractivity contribution in [2.75, 3.05) is 25.5 Å². The average Bonchev–Trinajstić information content (AvgIpc) is 3.04. The number of piperidine rings is 1. The smallest absolute Gasteiger partial charge is 0.326 e. The monoisotopic (exact) mass is 366 g/mol. The van der Waals surface area contributed by atoms with Crippen molar-refractivity contribution < 1.29 is 9.53 Å². The van der Waals surface area contributed by atoms with Crippen LogP contribution in [0.25, 0.3) is 11.0 Å². The molecule has 3 aromatic rings. The quantitative estimate of drug-likeness (QED) is 0.747. The van der Waals surface area contributed by atoms with Gasteiger partial charge in [-0.1, -0.05) is 18.2 Å². The summed E-state index contributed by atoms with van der Waals surface area (Å²) in [7, 11) is 1.60. The van der Waals surface area contributed by atoms with E-state index in [0.717, 1.165) is 23.9 Å². The molecule has 1 saturated heterocycles. The van der Waals surface area contributed by atoms with Crippen LogP contribution in [0, 0.1) is 0 Å². The van der Waals surface area contributed by atoms with Crippen molar-refractivity contribution in [3.63, 3.8) is 0 Å². The Morgan fingerprint density at radius 3 is 2.70 bits per heavy atom. The lowest BCUT2D eigenvalue weighted by molar-refractivity contribution is 0.184. The highest BCUT2D eigenvalue weighted by Crippen LogP contribution is 2.25. The zero-order chi connectivity index (χ0) is 18.8. The van der Waals surface area contributed by atoms with E-state index in [1.54, 1.807) is 18.1 Å². The van der Waals surface area contributed by atoms with Gasteiger partial charge in [0, 0.05) is 30.9 Å². The minimum Gasteiger partial charge on any atom is -0.497 e. The molecule has 4 rings (SSSR count). The molecule has 1 fully saturated rings. The van der Waals surface area contributed by atoms with Crippen LogP contribution < -0.4 is 15.7 Å². The van der Waals surface area contributed by atoms with E-state index in [0.29, 0.717) is 24.5 Å². The first kappa shape index (κ1) is 17.2. The molecule has 7 nitrogen and oxygen atoms in total. The highest BCUT2D eigenvalue weighted by Gasteiger charge is 2.26. The van der Waals surface area contributed by atoms with Crippen molar-refractivity contribution in [1.82, 2.24) is 14.5 Å². The van der Waals surface area contributed by atoms with Crippen LogP contribution in [-0.2, 0) is 0 Å². The summed E-state index contributed by atoms with van der Waals surface area (Å²) in [5.41, 5.74) is 2.38. The number of imidazole rings is 1. The van der Waals surface area contributed by atoms with Crippen molar-refractivity contribution in [2.24, 2.45) is 0 Å². The van der Waals surface area contributed by atoms with Crippen molar-refractivity contribution in [1.29, 1.82) is 0 Å². The third kappa shape index (κ3) is 3.40. The van der Waals surface area contributed by atoms with Gasteiger partial charge in [-0.15, -0.1) is 0 Å². The number of benzene rings is 2. The number of hydrogen-bond acceptors (Lipinski definition) is 3. The second-order valence-electron chi connectivity index (χ2n) is 6.70. The molecule has 2 N–H and O–H groups in total. The van der Waals surface area contributed by atoms with Gasteiger partial charge in [-0.05, 0) is 37.1 Å². The van der Waals surface area contributed by atoms with Gasteiger partial charge in [0.05, 0.1) is 18.1 Å². The third-order valence-corrected chi connectivity index (χ3v) is 5.06. The van der Waals surface area contributed by atoms with Crippen LogP contribution in [0.1, 0.15) is 18.9 Å². The summed E-state index contributed by atoms with van der Waals surface area (Å²) in [6, 6.07) is 15.0. The van der Waals surface area contributed by atoms with E-state index in [1.807, 2.05) is 47.0 Å². The number of likely N-dealkylation sites (tertiary alicyclic amines) is 1. The van der Waals surface area contributed by atoms with Gasteiger partial charge in [0.2, 0.25) is 0 Å². The SMILES string of the molecule is COc1cccc(NC(=O)N2CCC(n3c(=O)[nH]c4ccccc43)CC2)c1.